The van der Waals surface area contributed by atoms with Gasteiger partial charge < -0.3 is 10.2 Å². The lowest BCUT2D eigenvalue weighted by atomic mass is 10.1. The highest BCUT2D eigenvalue weighted by Gasteiger charge is 2.33. The molecule has 1 amide bonds. The van der Waals surface area contributed by atoms with Crippen LogP contribution >= 0.6 is 0 Å². The van der Waals surface area contributed by atoms with Gasteiger partial charge in [0.2, 0.25) is 0 Å². The van der Waals surface area contributed by atoms with Crippen LogP contribution in [0.1, 0.15) is 37.7 Å². The lowest BCUT2D eigenvalue weighted by Gasteiger charge is -2.24. The lowest BCUT2D eigenvalue weighted by Crippen LogP contribution is -2.38. The van der Waals surface area contributed by atoms with Crippen LogP contribution in [-0.4, -0.2) is 54.3 Å². The van der Waals surface area contributed by atoms with E-state index in [2.05, 4.69) is 10.3 Å². The third-order valence-corrected chi connectivity index (χ3v) is 5.33. The molecule has 0 aromatic carbocycles. The molecule has 0 radical (unpaired) electrons. The molecule has 1 aliphatic rings. The molecular formula is C15H23N3O3S. The molecule has 1 N–H and O–H groups in total. The van der Waals surface area contributed by atoms with Gasteiger partial charge in [-0.2, -0.15) is 0 Å². The highest BCUT2D eigenvalue weighted by Crippen LogP contribution is 2.19. The molecule has 1 saturated heterocycles. The molecule has 1 aliphatic heterocycles. The summed E-state index contributed by atoms with van der Waals surface area (Å²) in [6.45, 7) is 6.13. The second kappa shape index (κ2) is 5.87. The fraction of sp³-hybridized carbons (Fsp3) is 0.600. The molecule has 0 saturated carbocycles. The molecule has 0 bridgehead atoms. The Labute approximate surface area is 131 Å². The molecule has 22 heavy (non-hydrogen) atoms. The van der Waals surface area contributed by atoms with Gasteiger partial charge in [0.05, 0.1) is 23.4 Å². The van der Waals surface area contributed by atoms with Gasteiger partial charge in [-0.1, -0.05) is 0 Å². The second-order valence-electron chi connectivity index (χ2n) is 6.78. The Bertz CT molecular complexity index is 648. The van der Waals surface area contributed by atoms with E-state index in [9.17, 15) is 13.2 Å². The molecule has 7 heteroatoms. The number of nitrogens with one attached hydrogen (secondary N) is 1. The second-order valence-corrected chi connectivity index (χ2v) is 9.01. The van der Waals surface area contributed by atoms with E-state index in [1.807, 2.05) is 26.8 Å². The summed E-state index contributed by atoms with van der Waals surface area (Å²) in [6, 6.07) is 3.22. The van der Waals surface area contributed by atoms with Crippen LogP contribution in [0.2, 0.25) is 0 Å². The number of carbonyl (C=O) groups is 1. The monoisotopic (exact) mass is 325 g/mol. The Hall–Kier alpha value is -1.63. The fourth-order valence-electron chi connectivity index (χ4n) is 2.45. The van der Waals surface area contributed by atoms with Crippen molar-refractivity contribution in [1.82, 2.24) is 9.88 Å². The molecule has 1 aromatic rings. The van der Waals surface area contributed by atoms with Crippen LogP contribution in [0.15, 0.2) is 18.3 Å². The molecule has 1 fully saturated rings. The van der Waals surface area contributed by atoms with Gasteiger partial charge in [-0.05, 0) is 39.3 Å². The van der Waals surface area contributed by atoms with Gasteiger partial charge in [-0.25, -0.2) is 13.4 Å². The minimum absolute atomic E-state index is 0.0406. The summed E-state index contributed by atoms with van der Waals surface area (Å²) < 4.78 is 23.0. The first-order valence-electron chi connectivity index (χ1n) is 7.29. The third kappa shape index (κ3) is 4.19. The molecular weight excluding hydrogens is 302 g/mol. The third-order valence-electron chi connectivity index (χ3n) is 3.58. The maximum Gasteiger partial charge on any atom is 0.272 e. The van der Waals surface area contributed by atoms with Crippen LogP contribution < -0.4 is 5.32 Å². The molecule has 1 atom stereocenters. The molecule has 2 rings (SSSR count). The van der Waals surface area contributed by atoms with Gasteiger partial charge in [0.15, 0.2) is 9.84 Å². The van der Waals surface area contributed by atoms with Crippen molar-refractivity contribution in [3.63, 3.8) is 0 Å². The number of hydrogen-bond acceptors (Lipinski definition) is 5. The highest BCUT2D eigenvalue weighted by atomic mass is 32.2. The Morgan fingerprint density at radius 3 is 2.50 bits per heavy atom. The van der Waals surface area contributed by atoms with Gasteiger partial charge in [0.1, 0.15) is 5.69 Å². The average Bonchev–Trinajstić information content (AvgIpc) is 2.76. The standard InChI is InChI=1S/C15H23N3O3S/c1-15(2,3)17-11-5-6-13(16-9-11)14(19)18(4)12-7-8-22(20,21)10-12/h5-6,9,12,17H,7-8,10H2,1-4H3. The van der Waals surface area contributed by atoms with Crippen molar-refractivity contribution in [3.8, 4) is 0 Å². The number of aromatic nitrogens is 1. The van der Waals surface area contributed by atoms with Crippen LogP contribution in [0, 0.1) is 0 Å². The number of carbonyl (C=O) groups excluding carboxylic acids is 1. The number of amides is 1. The van der Waals surface area contributed by atoms with Crippen LogP contribution in [0.25, 0.3) is 0 Å². The minimum Gasteiger partial charge on any atom is -0.379 e. The van der Waals surface area contributed by atoms with Crippen molar-refractivity contribution in [2.75, 3.05) is 23.9 Å². The van der Waals surface area contributed by atoms with Crippen molar-refractivity contribution in [1.29, 1.82) is 0 Å². The number of nitrogens with zero attached hydrogens (tertiary/aromatic N) is 2. The zero-order chi connectivity index (χ0) is 16.5. The molecule has 2 heterocycles. The van der Waals surface area contributed by atoms with E-state index in [1.165, 1.54) is 4.90 Å². The van der Waals surface area contributed by atoms with E-state index in [-0.39, 0.29) is 29.0 Å². The smallest absolute Gasteiger partial charge is 0.272 e. The van der Waals surface area contributed by atoms with Crippen molar-refractivity contribution >= 4 is 21.4 Å². The molecule has 1 unspecified atom stereocenters. The SMILES string of the molecule is CN(C(=O)c1ccc(NC(C)(C)C)cn1)C1CCS(=O)(=O)C1. The first-order valence-corrected chi connectivity index (χ1v) is 9.11. The quantitative estimate of drug-likeness (QED) is 0.912. The van der Waals surface area contributed by atoms with Gasteiger partial charge in [0, 0.05) is 18.6 Å². The first-order chi connectivity index (χ1) is 10.1. The predicted molar refractivity (Wildman–Crippen MR) is 86.8 cm³/mol. The topological polar surface area (TPSA) is 79.4 Å². The molecule has 6 nitrogen and oxygen atoms in total. The number of rotatable bonds is 3. The van der Waals surface area contributed by atoms with Gasteiger partial charge in [0.25, 0.3) is 5.91 Å². The summed E-state index contributed by atoms with van der Waals surface area (Å²) in [4.78, 5) is 18.1. The zero-order valence-electron chi connectivity index (χ0n) is 13.5. The summed E-state index contributed by atoms with van der Waals surface area (Å²) >= 11 is 0. The van der Waals surface area contributed by atoms with E-state index in [0.717, 1.165) is 5.69 Å². The Morgan fingerprint density at radius 2 is 2.05 bits per heavy atom. The predicted octanol–water partition coefficient (Wildman–Crippen LogP) is 1.55. The van der Waals surface area contributed by atoms with E-state index in [0.29, 0.717) is 12.1 Å². The number of hydrogen-bond donors (Lipinski definition) is 1. The molecule has 0 spiro atoms. The van der Waals surface area contributed by atoms with Crippen LogP contribution in [0.4, 0.5) is 5.69 Å². The fourth-order valence-corrected chi connectivity index (χ4v) is 4.23. The Morgan fingerprint density at radius 1 is 1.36 bits per heavy atom. The number of pyridine rings is 1. The van der Waals surface area contributed by atoms with Crippen LogP contribution in [0.5, 0.6) is 0 Å². The molecule has 0 aliphatic carbocycles. The van der Waals surface area contributed by atoms with Gasteiger partial charge in [-0.3, -0.25) is 4.79 Å². The number of anilines is 1. The maximum atomic E-state index is 12.4. The van der Waals surface area contributed by atoms with Crippen LogP contribution in [0.3, 0.4) is 0 Å². The Balaban J connectivity index is 2.06. The van der Waals surface area contributed by atoms with Crippen molar-refractivity contribution in [2.24, 2.45) is 0 Å². The summed E-state index contributed by atoms with van der Waals surface area (Å²) in [5.74, 6) is -0.0554. The van der Waals surface area contributed by atoms with Gasteiger partial charge >= 0.3 is 0 Å². The highest BCUT2D eigenvalue weighted by molar-refractivity contribution is 7.91. The molecule has 122 valence electrons. The Kier molecular flexibility index (Phi) is 4.47. The van der Waals surface area contributed by atoms with E-state index < -0.39 is 9.84 Å². The number of sulfone groups is 1. The largest absolute Gasteiger partial charge is 0.379 e. The van der Waals surface area contributed by atoms with E-state index in [4.69, 9.17) is 0 Å². The summed E-state index contributed by atoms with van der Waals surface area (Å²) in [7, 11) is -1.37. The minimum atomic E-state index is -3.01. The lowest BCUT2D eigenvalue weighted by molar-refractivity contribution is 0.0742. The summed E-state index contributed by atoms with van der Waals surface area (Å²) in [6.07, 6.45) is 2.12. The van der Waals surface area contributed by atoms with Crippen molar-refractivity contribution < 1.29 is 13.2 Å². The van der Waals surface area contributed by atoms with Crippen molar-refractivity contribution in [2.45, 2.75) is 38.8 Å². The summed E-state index contributed by atoms with van der Waals surface area (Å²) in [5, 5.41) is 3.28. The zero-order valence-corrected chi connectivity index (χ0v) is 14.3. The first kappa shape index (κ1) is 16.7. The van der Waals surface area contributed by atoms with E-state index >= 15 is 0 Å². The van der Waals surface area contributed by atoms with E-state index in [1.54, 1.807) is 19.3 Å². The average molecular weight is 325 g/mol. The summed E-state index contributed by atoms with van der Waals surface area (Å²) in [5.41, 5.74) is 1.09. The maximum absolute atomic E-state index is 12.4. The normalized spacial score (nSPS) is 20.6. The van der Waals surface area contributed by atoms with Crippen molar-refractivity contribution in [3.05, 3.63) is 24.0 Å². The molecule has 1 aromatic heterocycles. The van der Waals surface area contributed by atoms with Crippen LogP contribution in [-0.2, 0) is 9.84 Å². The van der Waals surface area contributed by atoms with Gasteiger partial charge in [-0.15, -0.1) is 0 Å².